The van der Waals surface area contributed by atoms with Gasteiger partial charge in [-0.1, -0.05) is 12.8 Å². The van der Waals surface area contributed by atoms with E-state index in [1.54, 1.807) is 14.0 Å². The van der Waals surface area contributed by atoms with Crippen molar-refractivity contribution >= 4 is 11.9 Å². The van der Waals surface area contributed by atoms with Crippen molar-refractivity contribution in [3.05, 3.63) is 0 Å². The predicted molar refractivity (Wildman–Crippen MR) is 56.2 cm³/mol. The molecular formula is C10H16N2O3. The fraction of sp³-hybridized carbons (Fsp3) is 0.600. The number of rotatable bonds is 6. The van der Waals surface area contributed by atoms with Crippen LogP contribution in [0.2, 0.25) is 0 Å². The second kappa shape index (κ2) is 6.85. The van der Waals surface area contributed by atoms with Crippen LogP contribution in [0.4, 0.5) is 0 Å². The number of nitrogens with zero attached hydrogens (tertiary/aromatic N) is 1. The molecule has 1 unspecified atom stereocenters. The number of carbonyl (C=O) groups is 2. The molecule has 0 aromatic carbocycles. The molecule has 0 saturated carbocycles. The lowest BCUT2D eigenvalue weighted by atomic mass is 10.2. The Morgan fingerprint density at radius 2 is 2.20 bits per heavy atom. The summed E-state index contributed by atoms with van der Waals surface area (Å²) in [5.74, 6) is 1.08. The summed E-state index contributed by atoms with van der Waals surface area (Å²) < 4.78 is 0. The number of nitrogens with one attached hydrogen (secondary N) is 1. The third-order valence-electron chi connectivity index (χ3n) is 1.98. The number of hydrogen-bond donors (Lipinski definition) is 2. The number of aliphatic carboxylic acids is 1. The molecule has 0 aromatic heterocycles. The van der Waals surface area contributed by atoms with Gasteiger partial charge in [-0.3, -0.25) is 14.5 Å². The highest BCUT2D eigenvalue weighted by Crippen LogP contribution is 2.00. The molecule has 2 N–H and O–H groups in total. The van der Waals surface area contributed by atoms with E-state index in [0.29, 0.717) is 6.42 Å². The molecule has 0 bridgehead atoms. The van der Waals surface area contributed by atoms with Crippen LogP contribution >= 0.6 is 0 Å². The maximum Gasteiger partial charge on any atom is 0.320 e. The van der Waals surface area contributed by atoms with E-state index in [-0.39, 0.29) is 19.0 Å². The van der Waals surface area contributed by atoms with E-state index in [2.05, 4.69) is 11.2 Å². The van der Waals surface area contributed by atoms with E-state index in [1.807, 2.05) is 0 Å². The van der Waals surface area contributed by atoms with Gasteiger partial charge in [-0.05, 0) is 13.5 Å². The largest absolute Gasteiger partial charge is 0.480 e. The average molecular weight is 212 g/mol. The van der Waals surface area contributed by atoms with Crippen LogP contribution < -0.4 is 5.32 Å². The number of amides is 1. The van der Waals surface area contributed by atoms with Gasteiger partial charge >= 0.3 is 5.97 Å². The lowest BCUT2D eigenvalue weighted by molar-refractivity contribution is -0.143. The van der Waals surface area contributed by atoms with Crippen LogP contribution in [0, 0.1) is 12.3 Å². The van der Waals surface area contributed by atoms with Gasteiger partial charge in [-0.2, -0.15) is 0 Å². The van der Waals surface area contributed by atoms with Gasteiger partial charge in [0, 0.05) is 0 Å². The SMILES string of the molecule is C#CCNC(=O)CN(C)C(CC)C(=O)O. The fourth-order valence-electron chi connectivity index (χ4n) is 1.22. The molecule has 0 spiro atoms. The van der Waals surface area contributed by atoms with Crippen LogP contribution in [-0.2, 0) is 9.59 Å². The molecule has 0 aliphatic rings. The quantitative estimate of drug-likeness (QED) is 0.584. The first kappa shape index (κ1) is 13.5. The predicted octanol–water partition coefficient (Wildman–Crippen LogP) is -0.469. The molecule has 0 rings (SSSR count). The molecule has 84 valence electrons. The smallest absolute Gasteiger partial charge is 0.320 e. The van der Waals surface area contributed by atoms with Crippen LogP contribution in [0.15, 0.2) is 0 Å². The van der Waals surface area contributed by atoms with Gasteiger partial charge < -0.3 is 10.4 Å². The fourth-order valence-corrected chi connectivity index (χ4v) is 1.22. The molecular weight excluding hydrogens is 196 g/mol. The Balaban J connectivity index is 4.11. The minimum Gasteiger partial charge on any atom is -0.480 e. The lowest BCUT2D eigenvalue weighted by Crippen LogP contribution is -2.44. The standard InChI is InChI=1S/C10H16N2O3/c1-4-6-11-9(13)7-12(3)8(5-2)10(14)15/h1,8H,5-7H2,2-3H3,(H,11,13)(H,14,15). The summed E-state index contributed by atoms with van der Waals surface area (Å²) in [6.07, 6.45) is 5.42. The van der Waals surface area contributed by atoms with Crippen LogP contribution in [0.25, 0.3) is 0 Å². The average Bonchev–Trinajstić information content (AvgIpc) is 2.15. The summed E-state index contributed by atoms with van der Waals surface area (Å²) in [4.78, 5) is 23.5. The first-order valence-electron chi connectivity index (χ1n) is 4.66. The zero-order valence-corrected chi connectivity index (χ0v) is 8.99. The van der Waals surface area contributed by atoms with E-state index in [1.165, 1.54) is 4.90 Å². The second-order valence-corrected chi connectivity index (χ2v) is 3.16. The maximum absolute atomic E-state index is 11.2. The Kier molecular flexibility index (Phi) is 6.14. The first-order valence-corrected chi connectivity index (χ1v) is 4.66. The van der Waals surface area contributed by atoms with Crippen molar-refractivity contribution in [3.63, 3.8) is 0 Å². The Bertz CT molecular complexity index is 270. The summed E-state index contributed by atoms with van der Waals surface area (Å²) in [5, 5.41) is 11.3. The van der Waals surface area contributed by atoms with Gasteiger partial charge in [0.2, 0.25) is 5.91 Å². The summed E-state index contributed by atoms with van der Waals surface area (Å²) in [7, 11) is 1.59. The molecule has 0 aliphatic heterocycles. The third kappa shape index (κ3) is 5.03. The molecule has 0 fully saturated rings. The van der Waals surface area contributed by atoms with Crippen LogP contribution in [0.1, 0.15) is 13.3 Å². The molecule has 15 heavy (non-hydrogen) atoms. The topological polar surface area (TPSA) is 69.6 Å². The maximum atomic E-state index is 11.2. The number of hydrogen-bond acceptors (Lipinski definition) is 3. The summed E-state index contributed by atoms with van der Waals surface area (Å²) in [5.41, 5.74) is 0. The van der Waals surface area contributed by atoms with Gasteiger partial charge in [0.25, 0.3) is 0 Å². The molecule has 1 atom stereocenters. The normalized spacial score (nSPS) is 11.9. The van der Waals surface area contributed by atoms with Crippen molar-refractivity contribution in [2.45, 2.75) is 19.4 Å². The van der Waals surface area contributed by atoms with Gasteiger partial charge in [0.05, 0.1) is 13.1 Å². The molecule has 0 aromatic rings. The van der Waals surface area contributed by atoms with E-state index in [9.17, 15) is 9.59 Å². The lowest BCUT2D eigenvalue weighted by Gasteiger charge is -2.22. The Morgan fingerprint density at radius 1 is 1.60 bits per heavy atom. The molecule has 0 aliphatic carbocycles. The van der Waals surface area contributed by atoms with Crippen LogP contribution in [0.3, 0.4) is 0 Å². The van der Waals surface area contributed by atoms with Crippen LogP contribution in [0.5, 0.6) is 0 Å². The summed E-state index contributed by atoms with van der Waals surface area (Å²) >= 11 is 0. The molecule has 0 radical (unpaired) electrons. The molecule has 1 amide bonds. The highest BCUT2D eigenvalue weighted by Gasteiger charge is 2.21. The highest BCUT2D eigenvalue weighted by molar-refractivity contribution is 5.80. The monoisotopic (exact) mass is 212 g/mol. The molecule has 5 heteroatoms. The Hall–Kier alpha value is -1.54. The number of carboxylic acids is 1. The number of carbonyl (C=O) groups excluding carboxylic acids is 1. The van der Waals surface area contributed by atoms with E-state index in [4.69, 9.17) is 11.5 Å². The van der Waals surface area contributed by atoms with Gasteiger partial charge in [-0.15, -0.1) is 6.42 Å². The van der Waals surface area contributed by atoms with Crippen molar-refractivity contribution in [3.8, 4) is 12.3 Å². The van der Waals surface area contributed by atoms with Crippen molar-refractivity contribution in [1.82, 2.24) is 10.2 Å². The van der Waals surface area contributed by atoms with E-state index >= 15 is 0 Å². The Morgan fingerprint density at radius 3 is 2.60 bits per heavy atom. The second-order valence-electron chi connectivity index (χ2n) is 3.16. The van der Waals surface area contributed by atoms with Crippen molar-refractivity contribution < 1.29 is 14.7 Å². The summed E-state index contributed by atoms with van der Waals surface area (Å²) in [6.45, 7) is 1.96. The highest BCUT2D eigenvalue weighted by atomic mass is 16.4. The Labute approximate surface area is 89.4 Å². The van der Waals surface area contributed by atoms with Crippen LogP contribution in [-0.4, -0.2) is 48.1 Å². The minimum absolute atomic E-state index is 0.0342. The van der Waals surface area contributed by atoms with E-state index in [0.717, 1.165) is 0 Å². The van der Waals surface area contributed by atoms with Crippen molar-refractivity contribution in [2.24, 2.45) is 0 Å². The molecule has 5 nitrogen and oxygen atoms in total. The molecule has 0 heterocycles. The van der Waals surface area contributed by atoms with Gasteiger partial charge in [0.1, 0.15) is 6.04 Å². The van der Waals surface area contributed by atoms with Crippen molar-refractivity contribution in [2.75, 3.05) is 20.1 Å². The third-order valence-corrected chi connectivity index (χ3v) is 1.98. The molecule has 0 saturated heterocycles. The number of terminal acetylenes is 1. The van der Waals surface area contributed by atoms with Gasteiger partial charge in [0.15, 0.2) is 0 Å². The van der Waals surface area contributed by atoms with E-state index < -0.39 is 12.0 Å². The van der Waals surface area contributed by atoms with Gasteiger partial charge in [-0.25, -0.2) is 0 Å². The van der Waals surface area contributed by atoms with Crippen molar-refractivity contribution in [1.29, 1.82) is 0 Å². The first-order chi connectivity index (χ1) is 7.02. The summed E-state index contributed by atoms with van der Waals surface area (Å²) in [6, 6.07) is -0.637. The minimum atomic E-state index is -0.926. The number of carboxylic acid groups (broad SMARTS) is 1. The number of likely N-dealkylation sites (N-methyl/N-ethyl adjacent to an activating group) is 1. The zero-order chi connectivity index (χ0) is 11.8. The zero-order valence-electron chi connectivity index (χ0n) is 8.99.